The molecule has 0 aromatic heterocycles. The summed E-state index contributed by atoms with van der Waals surface area (Å²) in [6, 6.07) is 11.5. The molecule has 2 heteroatoms. The lowest BCUT2D eigenvalue weighted by Crippen LogP contribution is -2.28. The van der Waals surface area contributed by atoms with Gasteiger partial charge < -0.3 is 10.2 Å². The number of hydrogen-bond acceptors (Lipinski definition) is 2. The topological polar surface area (TPSA) is 15.3 Å². The summed E-state index contributed by atoms with van der Waals surface area (Å²) in [5.74, 6) is 0. The van der Waals surface area contributed by atoms with Crippen LogP contribution >= 0.6 is 0 Å². The van der Waals surface area contributed by atoms with Gasteiger partial charge >= 0.3 is 0 Å². The molecule has 1 aromatic carbocycles. The van der Waals surface area contributed by atoms with Crippen molar-refractivity contribution in [1.82, 2.24) is 5.32 Å². The van der Waals surface area contributed by atoms with Crippen molar-refractivity contribution in [1.29, 1.82) is 0 Å². The van der Waals surface area contributed by atoms with Gasteiger partial charge in [-0.1, -0.05) is 44.9 Å². The maximum atomic E-state index is 3.57. The number of unbranched alkanes of at least 4 members (excludes halogenated alkanes) is 2. The summed E-state index contributed by atoms with van der Waals surface area (Å²) in [6.45, 7) is 10.3. The van der Waals surface area contributed by atoms with E-state index in [1.807, 2.05) is 0 Å². The Morgan fingerprint density at radius 1 is 0.952 bits per heavy atom. The summed E-state index contributed by atoms with van der Waals surface area (Å²) in [7, 11) is 0. The fourth-order valence-corrected chi connectivity index (χ4v) is 2.60. The van der Waals surface area contributed by atoms with Crippen LogP contribution < -0.4 is 10.2 Å². The minimum atomic E-state index is 0.658. The molecule has 0 heterocycles. The Morgan fingerprint density at radius 3 is 2.33 bits per heavy atom. The number of rotatable bonds is 12. The Hall–Kier alpha value is -1.02. The van der Waals surface area contributed by atoms with Gasteiger partial charge in [0, 0.05) is 24.8 Å². The zero-order valence-electron chi connectivity index (χ0n) is 14.3. The molecule has 0 aliphatic heterocycles. The van der Waals surface area contributed by atoms with Crippen molar-refractivity contribution >= 4 is 5.69 Å². The molecule has 0 saturated carbocycles. The number of anilines is 1. The molecule has 1 N–H and O–H groups in total. The number of nitrogens with one attached hydrogen (secondary N) is 1. The minimum Gasteiger partial charge on any atom is -0.372 e. The van der Waals surface area contributed by atoms with E-state index in [2.05, 4.69) is 61.3 Å². The summed E-state index contributed by atoms with van der Waals surface area (Å²) in [5, 5.41) is 3.57. The smallest absolute Gasteiger partial charge is 0.0366 e. The fourth-order valence-electron chi connectivity index (χ4n) is 2.60. The predicted octanol–water partition coefficient (Wildman–Crippen LogP) is 4.85. The number of para-hydroxylation sites is 1. The first kappa shape index (κ1) is 18.0. The highest BCUT2D eigenvalue weighted by Gasteiger charge is 2.06. The van der Waals surface area contributed by atoms with Gasteiger partial charge in [-0.05, 0) is 51.3 Å². The van der Waals surface area contributed by atoms with Crippen molar-refractivity contribution in [3.8, 4) is 0 Å². The summed E-state index contributed by atoms with van der Waals surface area (Å²) in [5.41, 5.74) is 1.38. The molecule has 0 saturated heterocycles. The van der Waals surface area contributed by atoms with Crippen LogP contribution in [0.25, 0.3) is 0 Å². The molecule has 0 amide bonds. The van der Waals surface area contributed by atoms with E-state index >= 15 is 0 Å². The van der Waals surface area contributed by atoms with Crippen LogP contribution in [0.3, 0.4) is 0 Å². The molecule has 0 radical (unpaired) electrons. The van der Waals surface area contributed by atoms with Crippen LogP contribution in [0, 0.1) is 0 Å². The van der Waals surface area contributed by atoms with Crippen LogP contribution in [0.2, 0.25) is 0 Å². The fraction of sp³-hybridized carbons (Fsp3) is 0.684. The van der Waals surface area contributed by atoms with Gasteiger partial charge in [-0.15, -0.1) is 0 Å². The number of benzene rings is 1. The molecule has 0 aliphatic rings. The molecule has 1 atom stereocenters. The highest BCUT2D eigenvalue weighted by atomic mass is 15.1. The molecule has 1 rings (SSSR count). The van der Waals surface area contributed by atoms with E-state index in [-0.39, 0.29) is 0 Å². The Balaban J connectivity index is 2.30. The second kappa shape index (κ2) is 11.6. The Bertz CT molecular complexity index is 337. The molecule has 21 heavy (non-hydrogen) atoms. The van der Waals surface area contributed by atoms with Crippen molar-refractivity contribution in [2.24, 2.45) is 0 Å². The SMILES string of the molecule is CCCCN(CCCCC(C)NCCC)c1ccccc1. The molecular weight excluding hydrogens is 256 g/mol. The lowest BCUT2D eigenvalue weighted by molar-refractivity contribution is 0.488. The Labute approximate surface area is 131 Å². The Morgan fingerprint density at radius 2 is 1.67 bits per heavy atom. The van der Waals surface area contributed by atoms with Crippen molar-refractivity contribution in [2.75, 3.05) is 24.5 Å². The van der Waals surface area contributed by atoms with Gasteiger partial charge in [0.25, 0.3) is 0 Å². The average Bonchev–Trinajstić information content (AvgIpc) is 2.53. The van der Waals surface area contributed by atoms with Gasteiger partial charge in [0.2, 0.25) is 0 Å². The first-order valence-electron chi connectivity index (χ1n) is 8.81. The molecular formula is C19H34N2. The number of hydrogen-bond donors (Lipinski definition) is 1. The van der Waals surface area contributed by atoms with E-state index in [0.29, 0.717) is 6.04 Å². The average molecular weight is 290 g/mol. The standard InChI is InChI=1S/C19H34N2/c1-4-6-16-21(19-13-8-7-9-14-19)17-11-10-12-18(3)20-15-5-2/h7-9,13-14,18,20H,4-6,10-12,15-17H2,1-3H3. The summed E-state index contributed by atoms with van der Waals surface area (Å²) in [4.78, 5) is 2.55. The van der Waals surface area contributed by atoms with Gasteiger partial charge in [-0.2, -0.15) is 0 Å². The molecule has 0 spiro atoms. The van der Waals surface area contributed by atoms with E-state index in [4.69, 9.17) is 0 Å². The van der Waals surface area contributed by atoms with Gasteiger partial charge in [-0.3, -0.25) is 0 Å². The summed E-state index contributed by atoms with van der Waals surface area (Å²) in [6.07, 6.45) is 7.66. The monoisotopic (exact) mass is 290 g/mol. The van der Waals surface area contributed by atoms with E-state index in [1.165, 1.54) is 57.3 Å². The van der Waals surface area contributed by atoms with E-state index < -0.39 is 0 Å². The van der Waals surface area contributed by atoms with Crippen LogP contribution in [-0.2, 0) is 0 Å². The quantitative estimate of drug-likeness (QED) is 0.553. The highest BCUT2D eigenvalue weighted by Crippen LogP contribution is 2.15. The molecule has 0 bridgehead atoms. The zero-order valence-corrected chi connectivity index (χ0v) is 14.3. The second-order valence-electron chi connectivity index (χ2n) is 6.03. The Kier molecular flexibility index (Phi) is 9.98. The van der Waals surface area contributed by atoms with Gasteiger partial charge in [-0.25, -0.2) is 0 Å². The van der Waals surface area contributed by atoms with Crippen molar-refractivity contribution < 1.29 is 0 Å². The maximum absolute atomic E-state index is 3.57. The van der Waals surface area contributed by atoms with Crippen LogP contribution in [0.15, 0.2) is 30.3 Å². The zero-order chi connectivity index (χ0) is 15.3. The summed E-state index contributed by atoms with van der Waals surface area (Å²) < 4.78 is 0. The van der Waals surface area contributed by atoms with Crippen molar-refractivity contribution in [3.63, 3.8) is 0 Å². The first-order chi connectivity index (χ1) is 10.3. The molecule has 120 valence electrons. The second-order valence-corrected chi connectivity index (χ2v) is 6.03. The maximum Gasteiger partial charge on any atom is 0.0366 e. The van der Waals surface area contributed by atoms with E-state index in [1.54, 1.807) is 0 Å². The largest absolute Gasteiger partial charge is 0.372 e. The number of nitrogens with zero attached hydrogens (tertiary/aromatic N) is 1. The highest BCUT2D eigenvalue weighted by molar-refractivity contribution is 5.45. The molecule has 1 unspecified atom stereocenters. The van der Waals surface area contributed by atoms with E-state index in [0.717, 1.165) is 6.54 Å². The van der Waals surface area contributed by atoms with Gasteiger partial charge in [0.1, 0.15) is 0 Å². The lowest BCUT2D eigenvalue weighted by atomic mass is 10.1. The normalized spacial score (nSPS) is 12.3. The van der Waals surface area contributed by atoms with Crippen LogP contribution in [0.5, 0.6) is 0 Å². The molecule has 1 aromatic rings. The van der Waals surface area contributed by atoms with Crippen LogP contribution in [-0.4, -0.2) is 25.7 Å². The van der Waals surface area contributed by atoms with Crippen molar-refractivity contribution in [3.05, 3.63) is 30.3 Å². The molecule has 0 aliphatic carbocycles. The van der Waals surface area contributed by atoms with Crippen molar-refractivity contribution in [2.45, 2.75) is 65.3 Å². The third-order valence-corrected chi connectivity index (χ3v) is 3.96. The van der Waals surface area contributed by atoms with Gasteiger partial charge in [0.05, 0.1) is 0 Å². The first-order valence-corrected chi connectivity index (χ1v) is 8.81. The van der Waals surface area contributed by atoms with Crippen LogP contribution in [0.1, 0.15) is 59.3 Å². The van der Waals surface area contributed by atoms with Gasteiger partial charge in [0.15, 0.2) is 0 Å². The van der Waals surface area contributed by atoms with Crippen LogP contribution in [0.4, 0.5) is 5.69 Å². The summed E-state index contributed by atoms with van der Waals surface area (Å²) >= 11 is 0. The minimum absolute atomic E-state index is 0.658. The predicted molar refractivity (Wildman–Crippen MR) is 95.2 cm³/mol. The molecule has 0 fully saturated rings. The third kappa shape index (κ3) is 8.11. The van der Waals surface area contributed by atoms with E-state index in [9.17, 15) is 0 Å². The molecule has 2 nitrogen and oxygen atoms in total. The lowest BCUT2D eigenvalue weighted by Gasteiger charge is -2.25. The third-order valence-electron chi connectivity index (χ3n) is 3.96.